The highest BCUT2D eigenvalue weighted by Crippen LogP contribution is 2.21. The van der Waals surface area contributed by atoms with E-state index in [4.69, 9.17) is 0 Å². The summed E-state index contributed by atoms with van der Waals surface area (Å²) >= 11 is 2.83. The van der Waals surface area contributed by atoms with Crippen LogP contribution in [0, 0.1) is 0 Å². The normalized spacial score (nSPS) is 10.8. The molecule has 3 rings (SSSR count). The van der Waals surface area contributed by atoms with Crippen LogP contribution in [0.15, 0.2) is 45.9 Å². The van der Waals surface area contributed by atoms with E-state index in [1.54, 1.807) is 11.3 Å². The van der Waals surface area contributed by atoms with Gasteiger partial charge in [0, 0.05) is 35.1 Å². The largest absolute Gasteiger partial charge is 0.315 e. The molecule has 0 aliphatic rings. The summed E-state index contributed by atoms with van der Waals surface area (Å²) in [6.45, 7) is 1.36. The van der Waals surface area contributed by atoms with Crippen molar-refractivity contribution < 1.29 is 0 Å². The molecule has 102 valence electrons. The van der Waals surface area contributed by atoms with Gasteiger partial charge in [0.2, 0.25) is 0 Å². The van der Waals surface area contributed by atoms with Gasteiger partial charge in [0.25, 0.3) is 0 Å². The van der Waals surface area contributed by atoms with Crippen LogP contribution in [0.2, 0.25) is 0 Å². The van der Waals surface area contributed by atoms with Crippen LogP contribution in [-0.4, -0.2) is 9.97 Å². The number of aromatic nitrogens is 2. The predicted octanol–water partition coefficient (Wildman–Crippen LogP) is 2.85. The Balaban J connectivity index is 1.59. The summed E-state index contributed by atoms with van der Waals surface area (Å²) in [5, 5.41) is 8.23. The summed E-state index contributed by atoms with van der Waals surface area (Å²) < 4.78 is 0. The molecule has 0 saturated carbocycles. The highest BCUT2D eigenvalue weighted by atomic mass is 32.1. The van der Waals surface area contributed by atoms with Gasteiger partial charge in [0.1, 0.15) is 5.01 Å². The lowest BCUT2D eigenvalue weighted by Gasteiger charge is -1.99. The average Bonchev–Trinajstić information content (AvgIpc) is 3.09. The van der Waals surface area contributed by atoms with E-state index in [9.17, 15) is 4.79 Å². The molecule has 4 nitrogen and oxygen atoms in total. The molecule has 6 heteroatoms. The Morgan fingerprint density at radius 2 is 1.95 bits per heavy atom. The fourth-order valence-electron chi connectivity index (χ4n) is 1.84. The number of aromatic amines is 1. The number of H-pyrrole nitrogens is 1. The molecule has 2 aromatic heterocycles. The Hall–Kier alpha value is -1.76. The summed E-state index contributed by atoms with van der Waals surface area (Å²) in [6.07, 6.45) is 0. The molecule has 20 heavy (non-hydrogen) atoms. The lowest BCUT2D eigenvalue weighted by atomic mass is 10.2. The second-order valence-electron chi connectivity index (χ2n) is 4.27. The maximum Gasteiger partial charge on any atom is 0.304 e. The minimum atomic E-state index is -0.0117. The van der Waals surface area contributed by atoms with Crippen molar-refractivity contribution in [2.24, 2.45) is 0 Å². The lowest BCUT2D eigenvalue weighted by Crippen LogP contribution is -2.13. The molecule has 0 atom stereocenters. The molecule has 1 aromatic carbocycles. The first kappa shape index (κ1) is 13.2. The van der Waals surface area contributed by atoms with Gasteiger partial charge in [-0.3, -0.25) is 4.79 Å². The molecule has 2 heterocycles. The third-order valence-electron chi connectivity index (χ3n) is 2.78. The first-order chi connectivity index (χ1) is 9.81. The van der Waals surface area contributed by atoms with Gasteiger partial charge >= 0.3 is 4.87 Å². The molecule has 0 amide bonds. The molecule has 0 spiro atoms. The van der Waals surface area contributed by atoms with Gasteiger partial charge in [-0.1, -0.05) is 41.7 Å². The third-order valence-corrected chi connectivity index (χ3v) is 4.35. The van der Waals surface area contributed by atoms with Gasteiger partial charge < -0.3 is 10.3 Å². The molecule has 0 fully saturated rings. The second-order valence-corrected chi connectivity index (χ2v) is 6.05. The minimum Gasteiger partial charge on any atom is -0.315 e. The molecular formula is C14H13N3OS2. The van der Waals surface area contributed by atoms with Crippen molar-refractivity contribution >= 4 is 22.7 Å². The summed E-state index contributed by atoms with van der Waals surface area (Å²) in [5.41, 5.74) is 3.06. The number of hydrogen-bond acceptors (Lipinski definition) is 5. The Bertz CT molecular complexity index is 730. The van der Waals surface area contributed by atoms with Crippen LogP contribution in [0.4, 0.5) is 0 Å². The molecule has 0 bridgehead atoms. The predicted molar refractivity (Wildman–Crippen MR) is 83.0 cm³/mol. The first-order valence-electron chi connectivity index (χ1n) is 6.18. The second kappa shape index (κ2) is 6.13. The standard InChI is InChI=1S/C14H13N3OS2/c18-14-16-11(8-20-14)6-15-7-13-17-12(9-19-13)10-4-2-1-3-5-10/h1-5,8-9,15H,6-7H2,(H,16,18). The summed E-state index contributed by atoms with van der Waals surface area (Å²) in [6, 6.07) is 10.1. The number of hydrogen-bond donors (Lipinski definition) is 2. The van der Waals surface area contributed by atoms with Crippen molar-refractivity contribution in [3.05, 3.63) is 61.5 Å². The smallest absolute Gasteiger partial charge is 0.304 e. The van der Waals surface area contributed by atoms with E-state index < -0.39 is 0 Å². The lowest BCUT2D eigenvalue weighted by molar-refractivity contribution is 0.679. The van der Waals surface area contributed by atoms with Crippen molar-refractivity contribution in [2.45, 2.75) is 13.1 Å². The van der Waals surface area contributed by atoms with E-state index in [-0.39, 0.29) is 4.87 Å². The summed E-state index contributed by atoms with van der Waals surface area (Å²) in [5.74, 6) is 0. The zero-order valence-electron chi connectivity index (χ0n) is 10.6. The van der Waals surface area contributed by atoms with Gasteiger partial charge in [-0.15, -0.1) is 11.3 Å². The van der Waals surface area contributed by atoms with Crippen molar-refractivity contribution in [3.63, 3.8) is 0 Å². The Labute approximate surface area is 124 Å². The number of thiazole rings is 2. The molecule has 0 aliphatic heterocycles. The van der Waals surface area contributed by atoms with E-state index in [2.05, 4.69) is 32.8 Å². The number of nitrogens with zero attached hydrogens (tertiary/aromatic N) is 1. The molecule has 2 N–H and O–H groups in total. The average molecular weight is 303 g/mol. The number of rotatable bonds is 5. The summed E-state index contributed by atoms with van der Waals surface area (Å²) in [7, 11) is 0. The van der Waals surface area contributed by atoms with Crippen molar-refractivity contribution in [2.75, 3.05) is 0 Å². The SMILES string of the molecule is O=c1[nH]c(CNCc2nc(-c3ccccc3)cs2)cs1. The van der Waals surface area contributed by atoms with Crippen LogP contribution in [-0.2, 0) is 13.1 Å². The number of nitrogens with one attached hydrogen (secondary N) is 2. The zero-order chi connectivity index (χ0) is 13.8. The maximum atomic E-state index is 11.0. The van der Waals surface area contributed by atoms with Gasteiger partial charge in [0.05, 0.1) is 5.69 Å². The van der Waals surface area contributed by atoms with E-state index >= 15 is 0 Å². The van der Waals surface area contributed by atoms with Gasteiger partial charge in [-0.05, 0) is 0 Å². The van der Waals surface area contributed by atoms with Gasteiger partial charge in [-0.2, -0.15) is 0 Å². The van der Waals surface area contributed by atoms with Crippen LogP contribution in [0.3, 0.4) is 0 Å². The molecule has 0 saturated heterocycles. The fraction of sp³-hybridized carbons (Fsp3) is 0.143. The number of benzene rings is 1. The minimum absolute atomic E-state index is 0.0117. The van der Waals surface area contributed by atoms with Crippen LogP contribution in [0.25, 0.3) is 11.3 Å². The highest BCUT2D eigenvalue weighted by molar-refractivity contribution is 7.10. The zero-order valence-corrected chi connectivity index (χ0v) is 12.3. The van der Waals surface area contributed by atoms with E-state index in [1.807, 2.05) is 23.6 Å². The third kappa shape index (κ3) is 3.22. The maximum absolute atomic E-state index is 11.0. The molecule has 0 radical (unpaired) electrons. The van der Waals surface area contributed by atoms with Crippen molar-refractivity contribution in [3.8, 4) is 11.3 Å². The Kier molecular flexibility index (Phi) is 4.05. The van der Waals surface area contributed by atoms with Gasteiger partial charge in [-0.25, -0.2) is 4.98 Å². The Morgan fingerprint density at radius 1 is 1.10 bits per heavy atom. The van der Waals surface area contributed by atoms with Gasteiger partial charge in [0.15, 0.2) is 0 Å². The fourth-order valence-corrected chi connectivity index (χ4v) is 3.19. The Morgan fingerprint density at radius 3 is 2.70 bits per heavy atom. The monoisotopic (exact) mass is 303 g/mol. The molecular weight excluding hydrogens is 290 g/mol. The summed E-state index contributed by atoms with van der Waals surface area (Å²) in [4.78, 5) is 18.4. The molecule has 0 unspecified atom stereocenters. The van der Waals surface area contributed by atoms with Crippen LogP contribution >= 0.6 is 22.7 Å². The van der Waals surface area contributed by atoms with Crippen molar-refractivity contribution in [1.82, 2.24) is 15.3 Å². The molecule has 0 aliphatic carbocycles. The van der Waals surface area contributed by atoms with E-state index in [1.165, 1.54) is 11.3 Å². The molecule has 3 aromatic rings. The van der Waals surface area contributed by atoms with Crippen LogP contribution in [0.5, 0.6) is 0 Å². The highest BCUT2D eigenvalue weighted by Gasteiger charge is 2.04. The first-order valence-corrected chi connectivity index (χ1v) is 7.94. The van der Waals surface area contributed by atoms with Crippen molar-refractivity contribution in [1.29, 1.82) is 0 Å². The van der Waals surface area contributed by atoms with Crippen LogP contribution in [0.1, 0.15) is 10.7 Å². The van der Waals surface area contributed by atoms with E-state index in [0.29, 0.717) is 13.1 Å². The van der Waals surface area contributed by atoms with E-state index in [0.717, 1.165) is 22.0 Å². The topological polar surface area (TPSA) is 57.8 Å². The van der Waals surface area contributed by atoms with Crippen LogP contribution < -0.4 is 10.2 Å². The quantitative estimate of drug-likeness (QED) is 0.762.